The summed E-state index contributed by atoms with van der Waals surface area (Å²) >= 11 is 1.12. The van der Waals surface area contributed by atoms with Gasteiger partial charge in [0, 0.05) is 19.6 Å². The third-order valence-electron chi connectivity index (χ3n) is 3.84. The van der Waals surface area contributed by atoms with Crippen LogP contribution in [0.25, 0.3) is 0 Å². The number of unbranched alkanes of at least 4 members (excludes halogenated alkanes) is 2. The van der Waals surface area contributed by atoms with E-state index in [1.54, 1.807) is 11.4 Å². The van der Waals surface area contributed by atoms with Gasteiger partial charge >= 0.3 is 5.97 Å². The monoisotopic (exact) mass is 346 g/mol. The van der Waals surface area contributed by atoms with E-state index in [9.17, 15) is 18.3 Å². The molecule has 2 heterocycles. The molecule has 0 saturated carbocycles. The van der Waals surface area contributed by atoms with E-state index in [1.165, 1.54) is 6.07 Å². The molecule has 1 fully saturated rings. The molecule has 0 spiro atoms. The lowest BCUT2D eigenvalue weighted by molar-refractivity contribution is -0.143. The Morgan fingerprint density at radius 3 is 2.77 bits per heavy atom. The molecule has 1 saturated heterocycles. The van der Waals surface area contributed by atoms with E-state index in [0.717, 1.165) is 41.4 Å². The normalized spacial score (nSPS) is 21.0. The number of aliphatic carboxylic acids is 1. The average Bonchev–Trinajstić information content (AvgIpc) is 3.02. The van der Waals surface area contributed by atoms with Gasteiger partial charge in [-0.15, -0.1) is 11.3 Å². The Bertz CT molecular complexity index is 586. The Kier molecular flexibility index (Phi) is 5.96. The Morgan fingerprint density at radius 1 is 1.41 bits per heavy atom. The van der Waals surface area contributed by atoms with Gasteiger partial charge < -0.3 is 5.11 Å². The van der Waals surface area contributed by atoms with Crippen molar-refractivity contribution >= 4 is 27.3 Å². The Balaban J connectivity index is 2.11. The van der Waals surface area contributed by atoms with Gasteiger partial charge in [-0.3, -0.25) is 9.69 Å². The molecule has 8 heteroatoms. The maximum absolute atomic E-state index is 12.6. The van der Waals surface area contributed by atoms with E-state index in [2.05, 4.69) is 11.8 Å². The Hall–Kier alpha value is -0.960. The molecule has 22 heavy (non-hydrogen) atoms. The molecule has 124 valence electrons. The van der Waals surface area contributed by atoms with Crippen LogP contribution in [0.15, 0.2) is 21.7 Å². The van der Waals surface area contributed by atoms with Crippen molar-refractivity contribution in [2.24, 2.45) is 0 Å². The van der Waals surface area contributed by atoms with E-state index in [0.29, 0.717) is 6.54 Å². The Morgan fingerprint density at radius 2 is 2.18 bits per heavy atom. The predicted octanol–water partition coefficient (Wildman–Crippen LogP) is 1.70. The van der Waals surface area contributed by atoms with Crippen molar-refractivity contribution in [1.82, 2.24) is 9.21 Å². The predicted molar refractivity (Wildman–Crippen MR) is 85.6 cm³/mol. The third kappa shape index (κ3) is 3.87. The summed E-state index contributed by atoms with van der Waals surface area (Å²) in [4.78, 5) is 13.6. The van der Waals surface area contributed by atoms with E-state index in [1.807, 2.05) is 0 Å². The number of carboxylic acids is 1. The summed E-state index contributed by atoms with van der Waals surface area (Å²) < 4.78 is 26.5. The third-order valence-corrected chi connectivity index (χ3v) is 7.12. The van der Waals surface area contributed by atoms with Crippen LogP contribution < -0.4 is 0 Å². The molecule has 1 aromatic heterocycles. The van der Waals surface area contributed by atoms with Crippen LogP contribution in [0.2, 0.25) is 0 Å². The SMILES string of the molecule is CCCCCN1CCN(S(=O)(=O)c2cccs2)C(C(=O)O)C1. The van der Waals surface area contributed by atoms with Gasteiger partial charge in [-0.1, -0.05) is 25.8 Å². The van der Waals surface area contributed by atoms with E-state index in [-0.39, 0.29) is 17.3 Å². The highest BCUT2D eigenvalue weighted by Crippen LogP contribution is 2.25. The molecule has 0 radical (unpaired) electrons. The van der Waals surface area contributed by atoms with Crippen LogP contribution in [-0.2, 0) is 14.8 Å². The first-order chi connectivity index (χ1) is 10.5. The fraction of sp³-hybridized carbons (Fsp3) is 0.643. The lowest BCUT2D eigenvalue weighted by atomic mass is 10.2. The van der Waals surface area contributed by atoms with Crippen LogP contribution in [0.3, 0.4) is 0 Å². The number of thiophene rings is 1. The van der Waals surface area contributed by atoms with E-state index < -0.39 is 22.0 Å². The highest BCUT2D eigenvalue weighted by atomic mass is 32.2. The molecule has 0 bridgehead atoms. The molecule has 1 aliphatic heterocycles. The molecule has 1 aliphatic rings. The zero-order valence-corrected chi connectivity index (χ0v) is 14.3. The molecule has 1 unspecified atom stereocenters. The molecule has 0 aliphatic carbocycles. The molecule has 1 N–H and O–H groups in total. The van der Waals surface area contributed by atoms with Gasteiger partial charge in [-0.25, -0.2) is 8.42 Å². The number of piperazine rings is 1. The second-order valence-electron chi connectivity index (χ2n) is 5.41. The highest BCUT2D eigenvalue weighted by molar-refractivity contribution is 7.91. The number of sulfonamides is 1. The van der Waals surface area contributed by atoms with Crippen LogP contribution in [0.4, 0.5) is 0 Å². The highest BCUT2D eigenvalue weighted by Gasteiger charge is 2.40. The summed E-state index contributed by atoms with van der Waals surface area (Å²) in [5.74, 6) is -1.08. The molecular formula is C14H22N2O4S2. The maximum Gasteiger partial charge on any atom is 0.323 e. The van der Waals surface area contributed by atoms with Crippen LogP contribution in [0, 0.1) is 0 Å². The van der Waals surface area contributed by atoms with Gasteiger partial charge in [0.05, 0.1) is 0 Å². The second-order valence-corrected chi connectivity index (χ2v) is 8.47. The molecule has 2 rings (SSSR count). The standard InChI is InChI=1S/C14H22N2O4S2/c1-2-3-4-7-15-8-9-16(12(11-15)14(17)18)22(19,20)13-6-5-10-21-13/h5-6,10,12H,2-4,7-9,11H2,1H3,(H,17,18). The zero-order valence-electron chi connectivity index (χ0n) is 12.6. The first kappa shape index (κ1) is 17.4. The molecule has 0 amide bonds. The first-order valence-electron chi connectivity index (χ1n) is 7.47. The number of hydrogen-bond donors (Lipinski definition) is 1. The fourth-order valence-electron chi connectivity index (χ4n) is 2.63. The summed E-state index contributed by atoms with van der Waals surface area (Å²) in [5.41, 5.74) is 0. The van der Waals surface area contributed by atoms with Crippen molar-refractivity contribution < 1.29 is 18.3 Å². The van der Waals surface area contributed by atoms with Gasteiger partial charge in [-0.05, 0) is 24.4 Å². The largest absolute Gasteiger partial charge is 0.480 e. The van der Waals surface area contributed by atoms with Gasteiger partial charge in [0.1, 0.15) is 10.3 Å². The van der Waals surface area contributed by atoms with Crippen LogP contribution in [0.5, 0.6) is 0 Å². The summed E-state index contributed by atoms with van der Waals surface area (Å²) in [7, 11) is -3.72. The number of rotatable bonds is 7. The van der Waals surface area contributed by atoms with Crippen LogP contribution in [-0.4, -0.2) is 60.9 Å². The van der Waals surface area contributed by atoms with Crippen LogP contribution >= 0.6 is 11.3 Å². The van der Waals surface area contributed by atoms with Gasteiger partial charge in [-0.2, -0.15) is 4.31 Å². The molecule has 0 aromatic carbocycles. The van der Waals surface area contributed by atoms with Crippen molar-refractivity contribution in [3.8, 4) is 0 Å². The lowest BCUT2D eigenvalue weighted by Gasteiger charge is -2.38. The Labute approximate surface area is 135 Å². The number of carbonyl (C=O) groups is 1. The quantitative estimate of drug-likeness (QED) is 0.760. The van der Waals surface area contributed by atoms with Crippen molar-refractivity contribution in [2.45, 2.75) is 36.4 Å². The van der Waals surface area contributed by atoms with Crippen molar-refractivity contribution in [2.75, 3.05) is 26.2 Å². The van der Waals surface area contributed by atoms with Crippen LogP contribution in [0.1, 0.15) is 26.2 Å². The van der Waals surface area contributed by atoms with Gasteiger partial charge in [0.25, 0.3) is 10.0 Å². The number of nitrogens with zero attached hydrogens (tertiary/aromatic N) is 2. The first-order valence-corrected chi connectivity index (χ1v) is 9.79. The van der Waals surface area contributed by atoms with Crippen molar-refractivity contribution in [3.05, 3.63) is 17.5 Å². The molecule has 1 atom stereocenters. The van der Waals surface area contributed by atoms with E-state index >= 15 is 0 Å². The minimum Gasteiger partial charge on any atom is -0.480 e. The van der Waals surface area contributed by atoms with Gasteiger partial charge in [0.2, 0.25) is 0 Å². The van der Waals surface area contributed by atoms with Crippen molar-refractivity contribution in [3.63, 3.8) is 0 Å². The molecule has 1 aromatic rings. The number of hydrogen-bond acceptors (Lipinski definition) is 5. The topological polar surface area (TPSA) is 77.9 Å². The minimum atomic E-state index is -3.72. The summed E-state index contributed by atoms with van der Waals surface area (Å²) in [5, 5.41) is 11.1. The van der Waals surface area contributed by atoms with Gasteiger partial charge in [0.15, 0.2) is 0 Å². The smallest absolute Gasteiger partial charge is 0.323 e. The minimum absolute atomic E-state index is 0.207. The molecule has 6 nitrogen and oxygen atoms in total. The maximum atomic E-state index is 12.6. The summed E-state index contributed by atoms with van der Waals surface area (Å²) in [6.07, 6.45) is 3.22. The fourth-order valence-corrected chi connectivity index (χ4v) is 5.31. The zero-order chi connectivity index (χ0) is 16.2. The average molecular weight is 346 g/mol. The van der Waals surface area contributed by atoms with E-state index in [4.69, 9.17) is 0 Å². The summed E-state index contributed by atoms with van der Waals surface area (Å²) in [6, 6.07) is 2.17. The lowest BCUT2D eigenvalue weighted by Crippen LogP contribution is -2.58. The van der Waals surface area contributed by atoms with Crippen molar-refractivity contribution in [1.29, 1.82) is 0 Å². The molecular weight excluding hydrogens is 324 g/mol. The summed E-state index contributed by atoms with van der Waals surface area (Å²) in [6.45, 7) is 4.00. The number of carboxylic acid groups (broad SMARTS) is 1. The second kappa shape index (κ2) is 7.54.